The second-order valence-electron chi connectivity index (χ2n) is 7.17. The van der Waals surface area contributed by atoms with Gasteiger partial charge in [0.1, 0.15) is 0 Å². The fourth-order valence-corrected chi connectivity index (χ4v) is 3.83. The summed E-state index contributed by atoms with van der Waals surface area (Å²) in [7, 11) is 1.59. The Kier molecular flexibility index (Phi) is 4.47. The SMILES string of the molecule is CNC(=O)c1cn(C2CCC23CCN(C(=O)NC(C)C)CC3)nn1. The molecule has 1 saturated carbocycles. The summed E-state index contributed by atoms with van der Waals surface area (Å²) in [6.07, 6.45) is 5.88. The van der Waals surface area contributed by atoms with Gasteiger partial charge >= 0.3 is 6.03 Å². The molecule has 0 aromatic carbocycles. The minimum atomic E-state index is -0.213. The Balaban J connectivity index is 1.63. The normalized spacial score (nSPS) is 22.3. The van der Waals surface area contributed by atoms with Crippen molar-refractivity contribution in [1.82, 2.24) is 30.5 Å². The van der Waals surface area contributed by atoms with Gasteiger partial charge in [0.2, 0.25) is 0 Å². The van der Waals surface area contributed by atoms with Crippen molar-refractivity contribution in [1.29, 1.82) is 0 Å². The molecule has 1 atom stereocenters. The van der Waals surface area contributed by atoms with Gasteiger partial charge in [-0.15, -0.1) is 5.10 Å². The van der Waals surface area contributed by atoms with Crippen molar-refractivity contribution in [2.24, 2.45) is 5.41 Å². The van der Waals surface area contributed by atoms with Crippen LogP contribution in [0.5, 0.6) is 0 Å². The molecule has 2 heterocycles. The molecule has 2 N–H and O–H groups in total. The van der Waals surface area contributed by atoms with Gasteiger partial charge in [0.05, 0.1) is 12.2 Å². The summed E-state index contributed by atoms with van der Waals surface area (Å²) in [6, 6.07) is 0.459. The van der Waals surface area contributed by atoms with Crippen LogP contribution < -0.4 is 10.6 Å². The van der Waals surface area contributed by atoms with Crippen molar-refractivity contribution in [3.8, 4) is 0 Å². The van der Waals surface area contributed by atoms with Crippen LogP contribution in [0.1, 0.15) is 56.1 Å². The van der Waals surface area contributed by atoms with Crippen molar-refractivity contribution in [3.05, 3.63) is 11.9 Å². The number of amides is 3. The van der Waals surface area contributed by atoms with Gasteiger partial charge in [0, 0.05) is 26.2 Å². The molecule has 1 aliphatic heterocycles. The van der Waals surface area contributed by atoms with Crippen LogP contribution in [0, 0.1) is 5.41 Å². The predicted octanol–water partition coefficient (Wildman–Crippen LogP) is 1.17. The van der Waals surface area contributed by atoms with E-state index in [0.717, 1.165) is 38.8 Å². The second-order valence-corrected chi connectivity index (χ2v) is 7.17. The number of hydrogen-bond acceptors (Lipinski definition) is 4. The molecule has 3 amide bonds. The number of piperidine rings is 1. The zero-order valence-corrected chi connectivity index (χ0v) is 14.6. The summed E-state index contributed by atoms with van der Waals surface area (Å²) >= 11 is 0. The van der Waals surface area contributed by atoms with Gasteiger partial charge in [-0.1, -0.05) is 5.21 Å². The van der Waals surface area contributed by atoms with Crippen LogP contribution in [0.2, 0.25) is 0 Å². The number of likely N-dealkylation sites (tertiary alicyclic amines) is 1. The van der Waals surface area contributed by atoms with E-state index in [4.69, 9.17) is 0 Å². The van der Waals surface area contributed by atoms with Crippen LogP contribution in [-0.4, -0.2) is 58.0 Å². The van der Waals surface area contributed by atoms with E-state index < -0.39 is 0 Å². The molecule has 2 fully saturated rings. The molecule has 8 heteroatoms. The summed E-state index contributed by atoms with van der Waals surface area (Å²) in [4.78, 5) is 25.7. The lowest BCUT2D eigenvalue weighted by atomic mass is 9.59. The first-order valence-electron chi connectivity index (χ1n) is 8.64. The lowest BCUT2D eigenvalue weighted by Crippen LogP contribution is -2.53. The Morgan fingerprint density at radius 1 is 1.29 bits per heavy atom. The van der Waals surface area contributed by atoms with Crippen LogP contribution >= 0.6 is 0 Å². The van der Waals surface area contributed by atoms with Gasteiger partial charge < -0.3 is 15.5 Å². The van der Waals surface area contributed by atoms with Gasteiger partial charge in [0.25, 0.3) is 5.91 Å². The van der Waals surface area contributed by atoms with E-state index in [-0.39, 0.29) is 29.4 Å². The van der Waals surface area contributed by atoms with Crippen molar-refractivity contribution < 1.29 is 9.59 Å². The first-order chi connectivity index (χ1) is 11.4. The van der Waals surface area contributed by atoms with E-state index in [1.807, 2.05) is 23.4 Å². The molecule has 24 heavy (non-hydrogen) atoms. The van der Waals surface area contributed by atoms with Crippen LogP contribution in [0.4, 0.5) is 4.79 Å². The zero-order valence-electron chi connectivity index (χ0n) is 14.6. The zero-order chi connectivity index (χ0) is 17.3. The van der Waals surface area contributed by atoms with E-state index in [2.05, 4.69) is 20.9 Å². The van der Waals surface area contributed by atoms with Crippen molar-refractivity contribution in [2.75, 3.05) is 20.1 Å². The van der Waals surface area contributed by atoms with Crippen LogP contribution in [-0.2, 0) is 0 Å². The average molecular weight is 334 g/mol. The molecule has 1 aliphatic carbocycles. The number of hydrogen-bond donors (Lipinski definition) is 2. The third-order valence-corrected chi connectivity index (χ3v) is 5.37. The Labute approximate surface area is 142 Å². The monoisotopic (exact) mass is 334 g/mol. The Bertz CT molecular complexity index is 618. The van der Waals surface area contributed by atoms with E-state index in [9.17, 15) is 9.59 Å². The first-order valence-corrected chi connectivity index (χ1v) is 8.64. The average Bonchev–Trinajstić information content (AvgIpc) is 3.01. The van der Waals surface area contributed by atoms with E-state index >= 15 is 0 Å². The maximum absolute atomic E-state index is 12.1. The van der Waals surface area contributed by atoms with E-state index in [1.165, 1.54) is 0 Å². The highest BCUT2D eigenvalue weighted by Crippen LogP contribution is 2.56. The molecule has 0 bridgehead atoms. The Hall–Kier alpha value is -2.12. The quantitative estimate of drug-likeness (QED) is 0.868. The lowest BCUT2D eigenvalue weighted by Gasteiger charge is -2.53. The summed E-state index contributed by atoms with van der Waals surface area (Å²) in [5.41, 5.74) is 0.538. The predicted molar refractivity (Wildman–Crippen MR) is 88.6 cm³/mol. The highest BCUT2D eigenvalue weighted by atomic mass is 16.2. The molecule has 0 radical (unpaired) electrons. The molecule has 1 spiro atoms. The number of carbonyl (C=O) groups is 2. The van der Waals surface area contributed by atoms with Gasteiger partial charge in [-0.3, -0.25) is 4.79 Å². The largest absolute Gasteiger partial charge is 0.354 e. The Morgan fingerprint density at radius 3 is 2.54 bits per heavy atom. The van der Waals surface area contributed by atoms with E-state index in [1.54, 1.807) is 13.2 Å². The molecule has 3 rings (SSSR count). The van der Waals surface area contributed by atoms with Crippen molar-refractivity contribution in [3.63, 3.8) is 0 Å². The van der Waals surface area contributed by atoms with Crippen LogP contribution in [0.15, 0.2) is 6.20 Å². The summed E-state index contributed by atoms with van der Waals surface area (Å²) in [5.74, 6) is -0.213. The van der Waals surface area contributed by atoms with Gasteiger partial charge in [-0.2, -0.15) is 0 Å². The maximum atomic E-state index is 12.1. The topological polar surface area (TPSA) is 92.2 Å². The standard InChI is InChI=1S/C16H26N6O2/c1-11(2)18-15(24)21-8-6-16(7-9-21)5-4-13(16)22-10-12(19-20-22)14(23)17-3/h10-11,13H,4-9H2,1-3H3,(H,17,23)(H,18,24). The molecule has 1 aromatic heterocycles. The van der Waals surface area contributed by atoms with Gasteiger partial charge in [-0.25, -0.2) is 9.48 Å². The highest BCUT2D eigenvalue weighted by molar-refractivity contribution is 5.91. The molecule has 132 valence electrons. The molecule has 1 unspecified atom stereocenters. The number of nitrogens with one attached hydrogen (secondary N) is 2. The molecule has 8 nitrogen and oxygen atoms in total. The first kappa shape index (κ1) is 16.7. The van der Waals surface area contributed by atoms with Crippen molar-refractivity contribution >= 4 is 11.9 Å². The van der Waals surface area contributed by atoms with E-state index in [0.29, 0.717) is 5.69 Å². The number of carbonyl (C=O) groups excluding carboxylic acids is 2. The van der Waals surface area contributed by atoms with Crippen LogP contribution in [0.25, 0.3) is 0 Å². The second kappa shape index (κ2) is 6.41. The van der Waals surface area contributed by atoms with Crippen molar-refractivity contribution in [2.45, 2.75) is 51.6 Å². The van der Waals surface area contributed by atoms with Crippen LogP contribution in [0.3, 0.4) is 0 Å². The lowest BCUT2D eigenvalue weighted by molar-refractivity contribution is -0.0229. The smallest absolute Gasteiger partial charge is 0.317 e. The molecule has 1 saturated heterocycles. The molecule has 2 aliphatic rings. The third kappa shape index (κ3) is 2.97. The number of urea groups is 1. The number of rotatable bonds is 3. The number of nitrogens with zero attached hydrogens (tertiary/aromatic N) is 4. The molecule has 1 aromatic rings. The number of aromatic nitrogens is 3. The minimum absolute atomic E-state index is 0.0263. The third-order valence-electron chi connectivity index (χ3n) is 5.37. The fourth-order valence-electron chi connectivity index (χ4n) is 3.83. The highest BCUT2D eigenvalue weighted by Gasteiger charge is 2.50. The minimum Gasteiger partial charge on any atom is -0.354 e. The maximum Gasteiger partial charge on any atom is 0.317 e. The van der Waals surface area contributed by atoms with Gasteiger partial charge in [0.15, 0.2) is 5.69 Å². The Morgan fingerprint density at radius 2 is 2.00 bits per heavy atom. The fraction of sp³-hybridized carbons (Fsp3) is 0.750. The summed E-state index contributed by atoms with van der Waals surface area (Å²) in [6.45, 7) is 5.48. The summed E-state index contributed by atoms with van der Waals surface area (Å²) in [5, 5.41) is 13.7. The van der Waals surface area contributed by atoms with Gasteiger partial charge in [-0.05, 0) is 44.9 Å². The molecular weight excluding hydrogens is 308 g/mol. The molecular formula is C16H26N6O2. The summed E-state index contributed by atoms with van der Waals surface area (Å²) < 4.78 is 1.85.